The minimum atomic E-state index is 0.235. The van der Waals surface area contributed by atoms with Crippen molar-refractivity contribution in [3.63, 3.8) is 0 Å². The predicted molar refractivity (Wildman–Crippen MR) is 83.4 cm³/mol. The van der Waals surface area contributed by atoms with Gasteiger partial charge in [-0.1, -0.05) is 12.1 Å². The number of phenolic OH excluding ortho intramolecular Hbond substituents is 1. The lowest BCUT2D eigenvalue weighted by molar-refractivity contribution is 0.448. The molecule has 1 atom stereocenters. The van der Waals surface area contributed by atoms with E-state index in [0.29, 0.717) is 24.0 Å². The van der Waals surface area contributed by atoms with Crippen molar-refractivity contribution in [2.45, 2.75) is 39.3 Å². The molecule has 0 aliphatic carbocycles. The number of phenols is 1. The van der Waals surface area contributed by atoms with E-state index in [1.807, 2.05) is 19.1 Å². The van der Waals surface area contributed by atoms with Crippen LogP contribution >= 0.6 is 0 Å². The normalized spacial score (nSPS) is 12.3. The summed E-state index contributed by atoms with van der Waals surface area (Å²) in [5.74, 6) is 0.532. The van der Waals surface area contributed by atoms with Gasteiger partial charge in [-0.05, 0) is 56.5 Å². The molecule has 2 aromatic rings. The molecule has 112 valence electrons. The molecule has 0 saturated heterocycles. The lowest BCUT2D eigenvalue weighted by Crippen LogP contribution is -2.26. The number of aromatic nitrogens is 1. The van der Waals surface area contributed by atoms with Crippen LogP contribution in [0.4, 0.5) is 0 Å². The van der Waals surface area contributed by atoms with Crippen LogP contribution in [-0.2, 0) is 13.0 Å². The smallest absolute Gasteiger partial charge is 0.138 e. The minimum absolute atomic E-state index is 0.235. The standard InChI is InChI=1S/C17H22N2O2/c1-12(3-5-14-6-8-15(20)9-7-14)18-11-16-17(21)10-4-13(2)19-16/h4,6-10,12,18,20-21H,3,5,11H2,1-2H3. The van der Waals surface area contributed by atoms with Crippen LogP contribution in [0.15, 0.2) is 36.4 Å². The Morgan fingerprint density at radius 1 is 1.10 bits per heavy atom. The van der Waals surface area contributed by atoms with Gasteiger partial charge in [-0.25, -0.2) is 0 Å². The number of aryl methyl sites for hydroxylation is 2. The molecule has 0 aliphatic heterocycles. The SMILES string of the molecule is Cc1ccc(O)c(CNC(C)CCc2ccc(O)cc2)n1. The maximum absolute atomic E-state index is 9.76. The summed E-state index contributed by atoms with van der Waals surface area (Å²) in [5, 5.41) is 22.4. The van der Waals surface area contributed by atoms with E-state index in [4.69, 9.17) is 0 Å². The largest absolute Gasteiger partial charge is 0.508 e. The summed E-state index contributed by atoms with van der Waals surface area (Å²) in [6, 6.07) is 11.1. The van der Waals surface area contributed by atoms with Gasteiger partial charge < -0.3 is 15.5 Å². The second-order valence-electron chi connectivity index (χ2n) is 5.41. The third kappa shape index (κ3) is 4.76. The molecule has 0 bridgehead atoms. The van der Waals surface area contributed by atoms with Crippen LogP contribution in [0.25, 0.3) is 0 Å². The molecule has 1 heterocycles. The Labute approximate surface area is 125 Å². The first-order valence-corrected chi connectivity index (χ1v) is 7.21. The van der Waals surface area contributed by atoms with Crippen LogP contribution in [0.2, 0.25) is 0 Å². The van der Waals surface area contributed by atoms with Crippen molar-refractivity contribution in [1.82, 2.24) is 10.3 Å². The number of benzene rings is 1. The average molecular weight is 286 g/mol. The van der Waals surface area contributed by atoms with Gasteiger partial charge in [0.15, 0.2) is 0 Å². The first-order chi connectivity index (χ1) is 10.0. The Morgan fingerprint density at radius 3 is 2.52 bits per heavy atom. The first-order valence-electron chi connectivity index (χ1n) is 7.21. The molecule has 0 amide bonds. The molecule has 4 heteroatoms. The van der Waals surface area contributed by atoms with Crippen LogP contribution in [0.5, 0.6) is 11.5 Å². The van der Waals surface area contributed by atoms with E-state index in [1.165, 1.54) is 5.56 Å². The van der Waals surface area contributed by atoms with Crippen molar-refractivity contribution in [2.24, 2.45) is 0 Å². The Kier molecular flexibility index (Phi) is 5.17. The highest BCUT2D eigenvalue weighted by Crippen LogP contribution is 2.15. The van der Waals surface area contributed by atoms with Gasteiger partial charge >= 0.3 is 0 Å². The van der Waals surface area contributed by atoms with Crippen molar-refractivity contribution in [3.8, 4) is 11.5 Å². The Morgan fingerprint density at radius 2 is 1.81 bits per heavy atom. The monoisotopic (exact) mass is 286 g/mol. The lowest BCUT2D eigenvalue weighted by Gasteiger charge is -2.14. The predicted octanol–water partition coefficient (Wildman–Crippen LogP) is 2.91. The van der Waals surface area contributed by atoms with E-state index in [9.17, 15) is 10.2 Å². The molecule has 0 spiro atoms. The molecule has 4 nitrogen and oxygen atoms in total. The van der Waals surface area contributed by atoms with Gasteiger partial charge in [0, 0.05) is 18.3 Å². The molecular formula is C17H22N2O2. The number of aromatic hydroxyl groups is 2. The van der Waals surface area contributed by atoms with E-state index in [-0.39, 0.29) is 5.75 Å². The first kappa shape index (κ1) is 15.3. The van der Waals surface area contributed by atoms with Crippen molar-refractivity contribution in [3.05, 3.63) is 53.3 Å². The summed E-state index contributed by atoms with van der Waals surface area (Å²) in [5.41, 5.74) is 2.80. The minimum Gasteiger partial charge on any atom is -0.508 e. The van der Waals surface area contributed by atoms with Gasteiger partial charge in [0.05, 0.1) is 5.69 Å². The maximum Gasteiger partial charge on any atom is 0.138 e. The molecular weight excluding hydrogens is 264 g/mol. The molecule has 1 aromatic carbocycles. The fourth-order valence-electron chi connectivity index (χ4n) is 2.15. The van der Waals surface area contributed by atoms with Crippen molar-refractivity contribution in [2.75, 3.05) is 0 Å². The fraction of sp³-hybridized carbons (Fsp3) is 0.353. The summed E-state index contributed by atoms with van der Waals surface area (Å²) >= 11 is 0. The highest BCUT2D eigenvalue weighted by Gasteiger charge is 2.06. The Hall–Kier alpha value is -2.07. The molecule has 1 aromatic heterocycles. The lowest BCUT2D eigenvalue weighted by atomic mass is 10.1. The number of rotatable bonds is 6. The third-order valence-corrected chi connectivity index (χ3v) is 3.51. The number of nitrogens with one attached hydrogen (secondary N) is 1. The van der Waals surface area contributed by atoms with Crippen molar-refractivity contribution in [1.29, 1.82) is 0 Å². The van der Waals surface area contributed by atoms with E-state index >= 15 is 0 Å². The summed E-state index contributed by atoms with van der Waals surface area (Å²) in [6.45, 7) is 4.59. The van der Waals surface area contributed by atoms with Crippen molar-refractivity contribution < 1.29 is 10.2 Å². The van der Waals surface area contributed by atoms with Crippen LogP contribution < -0.4 is 5.32 Å². The number of hydrogen-bond donors (Lipinski definition) is 3. The van der Waals surface area contributed by atoms with Gasteiger partial charge in [-0.3, -0.25) is 4.98 Å². The Balaban J connectivity index is 1.80. The van der Waals surface area contributed by atoms with Crippen LogP contribution in [0.3, 0.4) is 0 Å². The van der Waals surface area contributed by atoms with Crippen LogP contribution in [-0.4, -0.2) is 21.2 Å². The van der Waals surface area contributed by atoms with Gasteiger partial charge in [0.25, 0.3) is 0 Å². The fourth-order valence-corrected chi connectivity index (χ4v) is 2.15. The quantitative estimate of drug-likeness (QED) is 0.764. The highest BCUT2D eigenvalue weighted by molar-refractivity contribution is 5.27. The van der Waals surface area contributed by atoms with Crippen LogP contribution in [0, 0.1) is 6.92 Å². The topological polar surface area (TPSA) is 65.4 Å². The zero-order chi connectivity index (χ0) is 15.2. The zero-order valence-electron chi connectivity index (χ0n) is 12.5. The van der Waals surface area contributed by atoms with E-state index < -0.39 is 0 Å². The van der Waals surface area contributed by atoms with Gasteiger partial charge in [-0.2, -0.15) is 0 Å². The van der Waals surface area contributed by atoms with Gasteiger partial charge in [0.1, 0.15) is 11.5 Å². The summed E-state index contributed by atoms with van der Waals surface area (Å²) in [6.07, 6.45) is 1.93. The molecule has 0 fully saturated rings. The maximum atomic E-state index is 9.76. The third-order valence-electron chi connectivity index (χ3n) is 3.51. The number of pyridine rings is 1. The second-order valence-corrected chi connectivity index (χ2v) is 5.41. The molecule has 1 unspecified atom stereocenters. The highest BCUT2D eigenvalue weighted by atomic mass is 16.3. The molecule has 0 radical (unpaired) electrons. The summed E-state index contributed by atoms with van der Waals surface area (Å²) in [7, 11) is 0. The van der Waals surface area contributed by atoms with Crippen LogP contribution in [0.1, 0.15) is 30.3 Å². The van der Waals surface area contributed by atoms with E-state index in [1.54, 1.807) is 24.3 Å². The number of hydrogen-bond acceptors (Lipinski definition) is 4. The van der Waals surface area contributed by atoms with Gasteiger partial charge in [0.2, 0.25) is 0 Å². The molecule has 0 saturated carbocycles. The summed E-state index contributed by atoms with van der Waals surface area (Å²) < 4.78 is 0. The van der Waals surface area contributed by atoms with Gasteiger partial charge in [-0.15, -0.1) is 0 Å². The number of nitrogens with zero attached hydrogens (tertiary/aromatic N) is 1. The Bertz CT molecular complexity index is 582. The van der Waals surface area contributed by atoms with E-state index in [2.05, 4.69) is 17.2 Å². The molecule has 2 rings (SSSR count). The zero-order valence-corrected chi connectivity index (χ0v) is 12.5. The van der Waals surface area contributed by atoms with E-state index in [0.717, 1.165) is 18.5 Å². The average Bonchev–Trinajstić information content (AvgIpc) is 2.47. The van der Waals surface area contributed by atoms with Crippen molar-refractivity contribution >= 4 is 0 Å². The molecule has 3 N–H and O–H groups in total. The second kappa shape index (κ2) is 7.09. The molecule has 0 aliphatic rings. The summed E-state index contributed by atoms with van der Waals surface area (Å²) in [4.78, 5) is 4.33. The molecule has 21 heavy (non-hydrogen) atoms.